The largest absolute Gasteiger partial charge is 0.454 e. The normalized spacial score (nSPS) is 13.1. The second-order valence-electron chi connectivity index (χ2n) is 16.1. The molecule has 274 valence electrons. The summed E-state index contributed by atoms with van der Waals surface area (Å²) in [6.07, 6.45) is 0. The van der Waals surface area contributed by atoms with E-state index in [9.17, 15) is 0 Å². The number of anilines is 3. The maximum atomic E-state index is 6.89. The molecule has 3 nitrogen and oxygen atoms in total. The molecule has 1 aliphatic rings. The molecule has 0 saturated heterocycles. The third-order valence-electron chi connectivity index (χ3n) is 12.6. The molecular weight excluding hydrogens is 705 g/mol. The van der Waals surface area contributed by atoms with Gasteiger partial charge in [0.1, 0.15) is 5.58 Å². The van der Waals surface area contributed by atoms with Gasteiger partial charge in [0.05, 0.1) is 22.4 Å². The van der Waals surface area contributed by atoms with Crippen molar-refractivity contribution in [2.45, 2.75) is 19.3 Å². The number of hydrogen-bond donors (Lipinski definition) is 0. The van der Waals surface area contributed by atoms with E-state index in [0.717, 1.165) is 50.3 Å². The monoisotopic (exact) mass is 742 g/mol. The SMILES string of the molecule is CC1(C)c2ccccc2-c2c(N(c3ccc(-c4ccc(-n5c6ccccc6c6ccccc65)cc4)cc3)c3cc4ccccc4c4c3oc3ccccc34)cccc21. The van der Waals surface area contributed by atoms with Crippen LogP contribution in [-0.4, -0.2) is 4.57 Å². The molecule has 11 aromatic rings. The lowest BCUT2D eigenvalue weighted by Crippen LogP contribution is -2.16. The van der Waals surface area contributed by atoms with Crippen LogP contribution in [0, 0.1) is 0 Å². The summed E-state index contributed by atoms with van der Waals surface area (Å²) in [6.45, 7) is 4.70. The molecule has 12 rings (SSSR count). The lowest BCUT2D eigenvalue weighted by Gasteiger charge is -2.29. The van der Waals surface area contributed by atoms with Crippen molar-refractivity contribution in [2.75, 3.05) is 4.90 Å². The van der Waals surface area contributed by atoms with E-state index in [-0.39, 0.29) is 5.41 Å². The summed E-state index contributed by atoms with van der Waals surface area (Å²) >= 11 is 0. The van der Waals surface area contributed by atoms with E-state index in [1.54, 1.807) is 0 Å². The van der Waals surface area contributed by atoms with Crippen molar-refractivity contribution >= 4 is 71.6 Å². The van der Waals surface area contributed by atoms with Crippen LogP contribution in [0.5, 0.6) is 0 Å². The number of benzene rings is 9. The van der Waals surface area contributed by atoms with E-state index < -0.39 is 0 Å². The van der Waals surface area contributed by atoms with Gasteiger partial charge in [0.2, 0.25) is 0 Å². The lowest BCUT2D eigenvalue weighted by molar-refractivity contribution is 0.660. The molecule has 0 fully saturated rings. The third kappa shape index (κ3) is 4.68. The number of rotatable bonds is 5. The Morgan fingerprint density at radius 2 is 1.07 bits per heavy atom. The molecule has 0 amide bonds. The molecular formula is C55H38N2O. The number of para-hydroxylation sites is 3. The van der Waals surface area contributed by atoms with Gasteiger partial charge in [-0.2, -0.15) is 0 Å². The van der Waals surface area contributed by atoms with E-state index in [2.05, 4.69) is 217 Å². The highest BCUT2D eigenvalue weighted by molar-refractivity contribution is 6.23. The zero-order chi connectivity index (χ0) is 38.5. The summed E-state index contributed by atoms with van der Waals surface area (Å²) in [4.78, 5) is 2.43. The van der Waals surface area contributed by atoms with Gasteiger partial charge >= 0.3 is 0 Å². The molecule has 2 aromatic heterocycles. The van der Waals surface area contributed by atoms with Gasteiger partial charge in [-0.05, 0) is 93.2 Å². The summed E-state index contributed by atoms with van der Waals surface area (Å²) in [5.74, 6) is 0. The van der Waals surface area contributed by atoms with Gasteiger partial charge in [-0.3, -0.25) is 0 Å². The van der Waals surface area contributed by atoms with Crippen molar-refractivity contribution in [3.8, 4) is 27.9 Å². The zero-order valence-electron chi connectivity index (χ0n) is 32.3. The van der Waals surface area contributed by atoms with Crippen LogP contribution in [0.1, 0.15) is 25.0 Å². The van der Waals surface area contributed by atoms with E-state index in [1.807, 2.05) is 0 Å². The van der Waals surface area contributed by atoms with Crippen LogP contribution < -0.4 is 4.90 Å². The van der Waals surface area contributed by atoms with Crippen molar-refractivity contribution in [1.29, 1.82) is 0 Å². The van der Waals surface area contributed by atoms with E-state index in [1.165, 1.54) is 60.4 Å². The van der Waals surface area contributed by atoms with Crippen molar-refractivity contribution in [3.05, 3.63) is 205 Å². The predicted octanol–water partition coefficient (Wildman–Crippen LogP) is 15.3. The number of furan rings is 1. The highest BCUT2D eigenvalue weighted by Gasteiger charge is 2.38. The molecule has 0 aliphatic heterocycles. The van der Waals surface area contributed by atoms with Gasteiger partial charge in [0.25, 0.3) is 0 Å². The molecule has 0 spiro atoms. The average Bonchev–Trinajstić information content (AvgIpc) is 3.91. The molecule has 0 bridgehead atoms. The molecule has 0 radical (unpaired) electrons. The van der Waals surface area contributed by atoms with Crippen LogP contribution in [0.4, 0.5) is 17.1 Å². The molecule has 1 aliphatic carbocycles. The standard InChI is InChI=1S/C55H38N2O/c1-55(2)45-20-9-5-18-43(45)53-46(55)21-13-24-49(53)57(50-34-37-14-3-4-15-40(37)52-44-19-8-12-25-51(44)58-54(50)52)39-32-28-36(29-33-39)35-26-30-38(31-27-35)56-47-22-10-6-16-41(47)42-17-7-11-23-48(42)56/h3-34H,1-2H3. The van der Waals surface area contributed by atoms with Gasteiger partial charge in [-0.15, -0.1) is 0 Å². The fourth-order valence-electron chi connectivity index (χ4n) is 9.86. The summed E-state index contributed by atoms with van der Waals surface area (Å²) in [6, 6.07) is 70.5. The maximum absolute atomic E-state index is 6.89. The average molecular weight is 743 g/mol. The van der Waals surface area contributed by atoms with Crippen molar-refractivity contribution in [1.82, 2.24) is 4.57 Å². The van der Waals surface area contributed by atoms with E-state index in [4.69, 9.17) is 4.42 Å². The third-order valence-corrected chi connectivity index (χ3v) is 12.6. The first-order valence-corrected chi connectivity index (χ1v) is 20.1. The second kappa shape index (κ2) is 12.3. The van der Waals surface area contributed by atoms with Crippen molar-refractivity contribution in [3.63, 3.8) is 0 Å². The fraction of sp³-hybridized carbons (Fsp3) is 0.0545. The topological polar surface area (TPSA) is 21.3 Å². The lowest BCUT2D eigenvalue weighted by atomic mass is 9.82. The van der Waals surface area contributed by atoms with Crippen LogP contribution in [0.3, 0.4) is 0 Å². The number of fused-ring (bicyclic) bond motifs is 11. The molecule has 0 atom stereocenters. The Labute approximate surface area is 336 Å². The predicted molar refractivity (Wildman–Crippen MR) is 243 cm³/mol. The van der Waals surface area contributed by atoms with Crippen molar-refractivity contribution in [2.24, 2.45) is 0 Å². The highest BCUT2D eigenvalue weighted by atomic mass is 16.3. The molecule has 0 saturated carbocycles. The van der Waals surface area contributed by atoms with Crippen LogP contribution in [0.2, 0.25) is 0 Å². The number of hydrogen-bond acceptors (Lipinski definition) is 2. The summed E-state index contributed by atoms with van der Waals surface area (Å²) in [7, 11) is 0. The van der Waals surface area contributed by atoms with Crippen LogP contribution in [0.15, 0.2) is 199 Å². The maximum Gasteiger partial charge on any atom is 0.160 e. The Balaban J connectivity index is 1.04. The minimum absolute atomic E-state index is 0.138. The van der Waals surface area contributed by atoms with Gasteiger partial charge < -0.3 is 13.9 Å². The Bertz CT molecular complexity index is 3370. The zero-order valence-corrected chi connectivity index (χ0v) is 32.3. The fourth-order valence-corrected chi connectivity index (χ4v) is 9.86. The Morgan fingerprint density at radius 1 is 0.483 bits per heavy atom. The highest BCUT2D eigenvalue weighted by Crippen LogP contribution is 2.55. The Hall–Kier alpha value is -7.36. The summed E-state index contributed by atoms with van der Waals surface area (Å²) < 4.78 is 9.26. The second-order valence-corrected chi connectivity index (χ2v) is 16.1. The van der Waals surface area contributed by atoms with Crippen molar-refractivity contribution < 1.29 is 4.42 Å². The van der Waals surface area contributed by atoms with Crippen LogP contribution in [0.25, 0.3) is 82.5 Å². The molecule has 58 heavy (non-hydrogen) atoms. The molecule has 2 heterocycles. The molecule has 0 N–H and O–H groups in total. The van der Waals surface area contributed by atoms with Gasteiger partial charge in [0.15, 0.2) is 5.58 Å². The minimum Gasteiger partial charge on any atom is -0.454 e. The first-order valence-electron chi connectivity index (χ1n) is 20.1. The number of nitrogens with zero attached hydrogens (tertiary/aromatic N) is 2. The summed E-state index contributed by atoms with van der Waals surface area (Å²) in [5.41, 5.74) is 16.0. The van der Waals surface area contributed by atoms with E-state index in [0.29, 0.717) is 0 Å². The minimum atomic E-state index is -0.138. The van der Waals surface area contributed by atoms with Crippen LogP contribution >= 0.6 is 0 Å². The molecule has 0 unspecified atom stereocenters. The first kappa shape index (κ1) is 32.8. The van der Waals surface area contributed by atoms with Gasteiger partial charge in [-0.1, -0.05) is 153 Å². The molecule has 3 heteroatoms. The molecule has 9 aromatic carbocycles. The van der Waals surface area contributed by atoms with Gasteiger partial charge in [0, 0.05) is 43.9 Å². The van der Waals surface area contributed by atoms with Gasteiger partial charge in [-0.25, -0.2) is 0 Å². The quantitative estimate of drug-likeness (QED) is 0.175. The first-order chi connectivity index (χ1) is 28.5. The Morgan fingerprint density at radius 3 is 1.81 bits per heavy atom. The smallest absolute Gasteiger partial charge is 0.160 e. The summed E-state index contributed by atoms with van der Waals surface area (Å²) in [5, 5.41) is 7.17. The van der Waals surface area contributed by atoms with E-state index >= 15 is 0 Å². The Kier molecular flexibility index (Phi) is 6.98. The number of aromatic nitrogens is 1. The van der Waals surface area contributed by atoms with Crippen LogP contribution in [-0.2, 0) is 5.41 Å².